The first-order valence-corrected chi connectivity index (χ1v) is 7.44. The zero-order chi connectivity index (χ0) is 14.4. The Morgan fingerprint density at radius 2 is 2.40 bits per heavy atom. The number of pyridine rings is 1. The maximum atomic E-state index is 9.39. The monoisotopic (exact) mass is 299 g/mol. The minimum Gasteiger partial charge on any atom is -0.395 e. The topological polar surface area (TPSA) is 57.6 Å². The minimum atomic E-state index is 0.0221. The van der Waals surface area contributed by atoms with E-state index in [9.17, 15) is 5.11 Å². The molecule has 0 aliphatic carbocycles. The first kappa shape index (κ1) is 15.5. The molecule has 6 heteroatoms. The molecule has 1 aliphatic rings. The number of anilines is 1. The Kier molecular flexibility index (Phi) is 6.04. The Labute approximate surface area is 124 Å². The van der Waals surface area contributed by atoms with Crippen molar-refractivity contribution in [3.63, 3.8) is 0 Å². The summed E-state index contributed by atoms with van der Waals surface area (Å²) in [6.07, 6.45) is 1.05. The fraction of sp³-hybridized carbons (Fsp3) is 0.643. The van der Waals surface area contributed by atoms with Gasteiger partial charge in [0, 0.05) is 19.6 Å². The second kappa shape index (κ2) is 7.78. The van der Waals surface area contributed by atoms with E-state index in [-0.39, 0.29) is 12.6 Å². The lowest BCUT2D eigenvalue weighted by atomic mass is 10.2. The molecule has 5 nitrogen and oxygen atoms in total. The smallest absolute Gasteiger partial charge is 0.126 e. The molecule has 2 N–H and O–H groups in total. The van der Waals surface area contributed by atoms with Crippen molar-refractivity contribution < 1.29 is 9.84 Å². The standard InChI is InChI=1S/C14H22ClN3O2/c1-2-5-16-14-4-3-12(15)13(17-14)8-18-6-7-20-10-11(18)9-19/h3-4,11,19H,2,5-10H2,1H3,(H,16,17). The van der Waals surface area contributed by atoms with Crippen LogP contribution in [0.15, 0.2) is 12.1 Å². The summed E-state index contributed by atoms with van der Waals surface area (Å²) >= 11 is 6.23. The van der Waals surface area contributed by atoms with Crippen LogP contribution in [0.25, 0.3) is 0 Å². The van der Waals surface area contributed by atoms with Gasteiger partial charge in [0.2, 0.25) is 0 Å². The molecule has 0 aromatic carbocycles. The van der Waals surface area contributed by atoms with E-state index in [0.29, 0.717) is 24.8 Å². The molecule has 1 aromatic heterocycles. The van der Waals surface area contributed by atoms with E-state index in [1.807, 2.05) is 12.1 Å². The van der Waals surface area contributed by atoms with Crippen LogP contribution >= 0.6 is 11.6 Å². The molecular weight excluding hydrogens is 278 g/mol. The van der Waals surface area contributed by atoms with Gasteiger partial charge in [-0.05, 0) is 18.6 Å². The van der Waals surface area contributed by atoms with Crippen LogP contribution in [-0.2, 0) is 11.3 Å². The molecular formula is C14H22ClN3O2. The van der Waals surface area contributed by atoms with Crippen molar-refractivity contribution in [3.05, 3.63) is 22.8 Å². The maximum Gasteiger partial charge on any atom is 0.126 e. The molecule has 0 bridgehead atoms. The van der Waals surface area contributed by atoms with Crippen molar-refractivity contribution in [2.75, 3.05) is 38.2 Å². The second-order valence-electron chi connectivity index (χ2n) is 4.93. The van der Waals surface area contributed by atoms with Crippen LogP contribution in [-0.4, -0.2) is 53.9 Å². The first-order valence-electron chi connectivity index (χ1n) is 7.06. The van der Waals surface area contributed by atoms with Crippen LogP contribution in [0.4, 0.5) is 5.82 Å². The van der Waals surface area contributed by atoms with E-state index in [4.69, 9.17) is 16.3 Å². The van der Waals surface area contributed by atoms with Gasteiger partial charge >= 0.3 is 0 Å². The van der Waals surface area contributed by atoms with Gasteiger partial charge in [0.25, 0.3) is 0 Å². The number of rotatable bonds is 6. The number of hydrogen-bond donors (Lipinski definition) is 2. The fourth-order valence-electron chi connectivity index (χ4n) is 2.20. The molecule has 0 amide bonds. The summed E-state index contributed by atoms with van der Waals surface area (Å²) in [6.45, 7) is 5.76. The molecule has 20 heavy (non-hydrogen) atoms. The highest BCUT2D eigenvalue weighted by Crippen LogP contribution is 2.20. The van der Waals surface area contributed by atoms with E-state index >= 15 is 0 Å². The Hall–Kier alpha value is -0.880. The van der Waals surface area contributed by atoms with Crippen LogP contribution in [0.5, 0.6) is 0 Å². The van der Waals surface area contributed by atoms with Gasteiger partial charge in [0.1, 0.15) is 5.82 Å². The van der Waals surface area contributed by atoms with Gasteiger partial charge in [-0.15, -0.1) is 0 Å². The molecule has 1 aromatic rings. The van der Waals surface area contributed by atoms with Crippen molar-refractivity contribution in [1.82, 2.24) is 9.88 Å². The quantitative estimate of drug-likeness (QED) is 0.838. The Morgan fingerprint density at radius 3 is 3.15 bits per heavy atom. The van der Waals surface area contributed by atoms with Crippen LogP contribution in [0.1, 0.15) is 19.0 Å². The van der Waals surface area contributed by atoms with E-state index in [2.05, 4.69) is 22.1 Å². The molecule has 1 atom stereocenters. The molecule has 2 rings (SSSR count). The van der Waals surface area contributed by atoms with Gasteiger partial charge in [-0.25, -0.2) is 4.98 Å². The molecule has 0 saturated carbocycles. The van der Waals surface area contributed by atoms with Gasteiger partial charge in [-0.3, -0.25) is 4.90 Å². The Balaban J connectivity index is 2.06. The predicted molar refractivity (Wildman–Crippen MR) is 80.1 cm³/mol. The Morgan fingerprint density at radius 1 is 1.55 bits per heavy atom. The van der Waals surface area contributed by atoms with Gasteiger partial charge in [-0.2, -0.15) is 0 Å². The van der Waals surface area contributed by atoms with Gasteiger partial charge in [0.05, 0.1) is 36.6 Å². The van der Waals surface area contributed by atoms with E-state index in [1.165, 1.54) is 0 Å². The number of aromatic nitrogens is 1. The maximum absolute atomic E-state index is 9.39. The number of halogens is 1. The molecule has 1 saturated heterocycles. The molecule has 112 valence electrons. The number of aliphatic hydroxyl groups excluding tert-OH is 1. The number of nitrogens with zero attached hydrogens (tertiary/aromatic N) is 2. The summed E-state index contributed by atoms with van der Waals surface area (Å²) in [6, 6.07) is 3.79. The van der Waals surface area contributed by atoms with Crippen LogP contribution < -0.4 is 5.32 Å². The van der Waals surface area contributed by atoms with Gasteiger partial charge < -0.3 is 15.2 Å². The lowest BCUT2D eigenvalue weighted by molar-refractivity contribution is -0.0317. The van der Waals surface area contributed by atoms with E-state index in [0.717, 1.165) is 31.0 Å². The fourth-order valence-corrected chi connectivity index (χ4v) is 2.37. The molecule has 0 spiro atoms. The summed E-state index contributed by atoms with van der Waals surface area (Å²) in [5, 5.41) is 13.3. The van der Waals surface area contributed by atoms with Gasteiger partial charge in [0.15, 0.2) is 0 Å². The highest BCUT2D eigenvalue weighted by molar-refractivity contribution is 6.31. The second-order valence-corrected chi connectivity index (χ2v) is 5.34. The normalized spacial score (nSPS) is 20.1. The van der Waals surface area contributed by atoms with Crippen molar-refractivity contribution >= 4 is 17.4 Å². The lowest BCUT2D eigenvalue weighted by Gasteiger charge is -2.34. The molecule has 0 radical (unpaired) electrons. The molecule has 1 fully saturated rings. The largest absolute Gasteiger partial charge is 0.395 e. The summed E-state index contributed by atoms with van der Waals surface area (Å²) in [5.41, 5.74) is 0.841. The summed E-state index contributed by atoms with van der Waals surface area (Å²) < 4.78 is 5.38. The average molecular weight is 300 g/mol. The van der Waals surface area contributed by atoms with Gasteiger partial charge in [-0.1, -0.05) is 18.5 Å². The molecule has 1 aliphatic heterocycles. The highest BCUT2D eigenvalue weighted by Gasteiger charge is 2.23. The molecule has 1 unspecified atom stereocenters. The lowest BCUT2D eigenvalue weighted by Crippen LogP contribution is -2.47. The molecule has 2 heterocycles. The minimum absolute atomic E-state index is 0.0221. The number of hydrogen-bond acceptors (Lipinski definition) is 5. The summed E-state index contributed by atoms with van der Waals surface area (Å²) in [7, 11) is 0. The highest BCUT2D eigenvalue weighted by atomic mass is 35.5. The number of nitrogens with one attached hydrogen (secondary N) is 1. The zero-order valence-corrected chi connectivity index (χ0v) is 12.6. The van der Waals surface area contributed by atoms with Crippen LogP contribution in [0.3, 0.4) is 0 Å². The first-order chi connectivity index (χ1) is 9.74. The van der Waals surface area contributed by atoms with Crippen molar-refractivity contribution in [3.8, 4) is 0 Å². The van der Waals surface area contributed by atoms with Crippen molar-refractivity contribution in [2.24, 2.45) is 0 Å². The summed E-state index contributed by atoms with van der Waals surface area (Å²) in [5.74, 6) is 0.847. The van der Waals surface area contributed by atoms with Crippen molar-refractivity contribution in [1.29, 1.82) is 0 Å². The van der Waals surface area contributed by atoms with E-state index < -0.39 is 0 Å². The Bertz CT molecular complexity index is 431. The summed E-state index contributed by atoms with van der Waals surface area (Å²) in [4.78, 5) is 6.73. The number of ether oxygens (including phenoxy) is 1. The van der Waals surface area contributed by atoms with E-state index in [1.54, 1.807) is 0 Å². The van der Waals surface area contributed by atoms with Crippen LogP contribution in [0.2, 0.25) is 5.02 Å². The predicted octanol–water partition coefficient (Wildman–Crippen LogP) is 1.75. The SMILES string of the molecule is CCCNc1ccc(Cl)c(CN2CCOCC2CO)n1. The number of morpholine rings is 1. The number of aliphatic hydroxyl groups is 1. The van der Waals surface area contributed by atoms with Crippen molar-refractivity contribution in [2.45, 2.75) is 25.9 Å². The average Bonchev–Trinajstić information content (AvgIpc) is 2.48. The third-order valence-electron chi connectivity index (χ3n) is 3.39. The third kappa shape index (κ3) is 4.06. The third-order valence-corrected chi connectivity index (χ3v) is 3.73. The van der Waals surface area contributed by atoms with Crippen LogP contribution in [0, 0.1) is 0 Å². The zero-order valence-electron chi connectivity index (χ0n) is 11.8.